The number of rotatable bonds is 4. The summed E-state index contributed by atoms with van der Waals surface area (Å²) in [6.45, 7) is 2.38. The molecule has 0 saturated heterocycles. The summed E-state index contributed by atoms with van der Waals surface area (Å²) in [5.41, 5.74) is 3.98. The number of aromatic nitrogens is 3. The minimum atomic E-state index is -0.148. The molecule has 0 unspecified atom stereocenters. The van der Waals surface area contributed by atoms with E-state index in [1.165, 1.54) is 17.1 Å². The standard InChI is InChI=1S/C18H16N4O2/c1-11-15-8-13(10-21-18(15)24-22-11)17(23)19-7-6-12-9-20-16-5-3-2-4-14(12)16/h2-5,8-10,20H,6-7H2,1H3,(H,19,23). The van der Waals surface area contributed by atoms with Crippen molar-refractivity contribution < 1.29 is 9.32 Å². The quantitative estimate of drug-likeness (QED) is 0.605. The lowest BCUT2D eigenvalue weighted by Gasteiger charge is -2.04. The maximum absolute atomic E-state index is 12.3. The van der Waals surface area contributed by atoms with Gasteiger partial charge in [0.1, 0.15) is 0 Å². The van der Waals surface area contributed by atoms with Crippen molar-refractivity contribution in [2.24, 2.45) is 0 Å². The highest BCUT2D eigenvalue weighted by molar-refractivity contribution is 5.97. The Labute approximate surface area is 137 Å². The molecule has 24 heavy (non-hydrogen) atoms. The van der Waals surface area contributed by atoms with Crippen LogP contribution in [-0.2, 0) is 6.42 Å². The maximum atomic E-state index is 12.3. The zero-order valence-electron chi connectivity index (χ0n) is 13.2. The van der Waals surface area contributed by atoms with E-state index in [-0.39, 0.29) is 5.91 Å². The number of hydrogen-bond acceptors (Lipinski definition) is 4. The van der Waals surface area contributed by atoms with Gasteiger partial charge in [0.25, 0.3) is 11.6 Å². The molecule has 2 N–H and O–H groups in total. The van der Waals surface area contributed by atoms with Gasteiger partial charge < -0.3 is 14.8 Å². The summed E-state index contributed by atoms with van der Waals surface area (Å²) < 4.78 is 5.06. The van der Waals surface area contributed by atoms with Crippen molar-refractivity contribution in [2.45, 2.75) is 13.3 Å². The van der Waals surface area contributed by atoms with Gasteiger partial charge in [0.15, 0.2) is 0 Å². The molecule has 0 aliphatic heterocycles. The molecule has 0 bridgehead atoms. The molecule has 0 atom stereocenters. The lowest BCUT2D eigenvalue weighted by Crippen LogP contribution is -2.25. The predicted octanol–water partition coefficient (Wildman–Crippen LogP) is 2.99. The molecule has 120 valence electrons. The molecule has 4 rings (SSSR count). The maximum Gasteiger partial charge on any atom is 0.257 e. The summed E-state index contributed by atoms with van der Waals surface area (Å²) in [5, 5.41) is 8.74. The molecule has 6 heteroatoms. The SMILES string of the molecule is Cc1noc2ncc(C(=O)NCCc3c[nH]c4ccccc34)cc12. The van der Waals surface area contributed by atoms with Crippen LogP contribution in [0.3, 0.4) is 0 Å². The van der Waals surface area contributed by atoms with Crippen molar-refractivity contribution in [3.63, 3.8) is 0 Å². The zero-order chi connectivity index (χ0) is 16.5. The molecule has 3 heterocycles. The Morgan fingerprint density at radius 3 is 3.08 bits per heavy atom. The number of aromatic amines is 1. The van der Waals surface area contributed by atoms with E-state index in [0.717, 1.165) is 23.0 Å². The molecule has 0 radical (unpaired) electrons. The highest BCUT2D eigenvalue weighted by Crippen LogP contribution is 2.18. The first-order valence-corrected chi connectivity index (χ1v) is 7.77. The average Bonchev–Trinajstić information content (AvgIpc) is 3.19. The lowest BCUT2D eigenvalue weighted by atomic mass is 10.1. The first-order chi connectivity index (χ1) is 11.7. The van der Waals surface area contributed by atoms with Gasteiger partial charge in [-0.2, -0.15) is 0 Å². The predicted molar refractivity (Wildman–Crippen MR) is 90.9 cm³/mol. The molecular weight excluding hydrogens is 304 g/mol. The molecular formula is C18H16N4O2. The van der Waals surface area contributed by atoms with Crippen LogP contribution < -0.4 is 5.32 Å². The van der Waals surface area contributed by atoms with Crippen molar-refractivity contribution >= 4 is 27.9 Å². The van der Waals surface area contributed by atoms with E-state index in [0.29, 0.717) is 17.8 Å². The average molecular weight is 320 g/mol. The second-order valence-electron chi connectivity index (χ2n) is 5.71. The van der Waals surface area contributed by atoms with E-state index >= 15 is 0 Å². The first kappa shape index (κ1) is 14.4. The Bertz CT molecular complexity index is 1030. The summed E-state index contributed by atoms with van der Waals surface area (Å²) >= 11 is 0. The third-order valence-electron chi connectivity index (χ3n) is 4.13. The fourth-order valence-electron chi connectivity index (χ4n) is 2.82. The number of aryl methyl sites for hydroxylation is 1. The highest BCUT2D eigenvalue weighted by atomic mass is 16.5. The van der Waals surface area contributed by atoms with Crippen LogP contribution in [0, 0.1) is 6.92 Å². The third kappa shape index (κ3) is 2.52. The van der Waals surface area contributed by atoms with E-state index in [1.807, 2.05) is 31.3 Å². The fraction of sp³-hybridized carbons (Fsp3) is 0.167. The van der Waals surface area contributed by atoms with E-state index in [1.54, 1.807) is 6.07 Å². The van der Waals surface area contributed by atoms with Crippen molar-refractivity contribution in [2.75, 3.05) is 6.54 Å². The monoisotopic (exact) mass is 320 g/mol. The summed E-state index contributed by atoms with van der Waals surface area (Å²) in [6.07, 6.45) is 4.26. The summed E-state index contributed by atoms with van der Waals surface area (Å²) in [7, 11) is 0. The molecule has 0 spiro atoms. The van der Waals surface area contributed by atoms with Crippen LogP contribution >= 0.6 is 0 Å². The Morgan fingerprint density at radius 1 is 1.29 bits per heavy atom. The van der Waals surface area contributed by atoms with Crippen LogP contribution in [0.2, 0.25) is 0 Å². The molecule has 6 nitrogen and oxygen atoms in total. The number of nitrogens with zero attached hydrogens (tertiary/aromatic N) is 2. The third-order valence-corrected chi connectivity index (χ3v) is 4.13. The number of hydrogen-bond donors (Lipinski definition) is 2. The molecule has 0 aliphatic carbocycles. The second-order valence-corrected chi connectivity index (χ2v) is 5.71. The van der Waals surface area contributed by atoms with Crippen molar-refractivity contribution in [3.8, 4) is 0 Å². The minimum Gasteiger partial charge on any atom is -0.361 e. The fourth-order valence-corrected chi connectivity index (χ4v) is 2.82. The van der Waals surface area contributed by atoms with Crippen LogP contribution in [0.15, 0.2) is 47.2 Å². The van der Waals surface area contributed by atoms with Crippen molar-refractivity contribution in [3.05, 3.63) is 59.5 Å². The number of fused-ring (bicyclic) bond motifs is 2. The second kappa shape index (κ2) is 5.81. The number of carbonyl (C=O) groups is 1. The number of H-pyrrole nitrogens is 1. The van der Waals surface area contributed by atoms with E-state index in [9.17, 15) is 4.79 Å². The van der Waals surface area contributed by atoms with Crippen molar-refractivity contribution in [1.82, 2.24) is 20.4 Å². The van der Waals surface area contributed by atoms with Crippen LogP contribution in [-0.4, -0.2) is 27.6 Å². The normalized spacial score (nSPS) is 11.2. The van der Waals surface area contributed by atoms with Gasteiger partial charge in [-0.15, -0.1) is 0 Å². The molecule has 0 saturated carbocycles. The van der Waals surface area contributed by atoms with Gasteiger partial charge in [0.05, 0.1) is 16.6 Å². The Kier molecular flexibility index (Phi) is 3.49. The van der Waals surface area contributed by atoms with E-state index < -0.39 is 0 Å². The minimum absolute atomic E-state index is 0.148. The van der Waals surface area contributed by atoms with Gasteiger partial charge in [-0.25, -0.2) is 4.98 Å². The number of pyridine rings is 1. The molecule has 1 aromatic carbocycles. The van der Waals surface area contributed by atoms with Crippen LogP contribution in [0.25, 0.3) is 22.0 Å². The van der Waals surface area contributed by atoms with Crippen LogP contribution in [0.4, 0.5) is 0 Å². The van der Waals surface area contributed by atoms with E-state index in [2.05, 4.69) is 26.5 Å². The number of amides is 1. The molecule has 1 amide bonds. The summed E-state index contributed by atoms with van der Waals surface area (Å²) in [4.78, 5) is 19.7. The topological polar surface area (TPSA) is 83.8 Å². The Balaban J connectivity index is 1.45. The number of para-hydroxylation sites is 1. The Morgan fingerprint density at radius 2 is 2.17 bits per heavy atom. The van der Waals surface area contributed by atoms with Gasteiger partial charge in [-0.3, -0.25) is 4.79 Å². The van der Waals surface area contributed by atoms with E-state index in [4.69, 9.17) is 4.52 Å². The number of carbonyl (C=O) groups excluding carboxylic acids is 1. The van der Waals surface area contributed by atoms with Gasteiger partial charge in [0, 0.05) is 29.8 Å². The van der Waals surface area contributed by atoms with Gasteiger partial charge in [-0.05, 0) is 31.0 Å². The first-order valence-electron chi connectivity index (χ1n) is 7.77. The molecule has 3 aromatic heterocycles. The van der Waals surface area contributed by atoms with Gasteiger partial charge in [-0.1, -0.05) is 23.4 Å². The van der Waals surface area contributed by atoms with Crippen molar-refractivity contribution in [1.29, 1.82) is 0 Å². The lowest BCUT2D eigenvalue weighted by molar-refractivity contribution is 0.0954. The smallest absolute Gasteiger partial charge is 0.257 e. The summed E-state index contributed by atoms with van der Waals surface area (Å²) in [5.74, 6) is -0.148. The number of nitrogens with one attached hydrogen (secondary N) is 2. The largest absolute Gasteiger partial charge is 0.361 e. The highest BCUT2D eigenvalue weighted by Gasteiger charge is 2.11. The van der Waals surface area contributed by atoms with Gasteiger partial charge in [0.2, 0.25) is 0 Å². The molecule has 4 aromatic rings. The van der Waals surface area contributed by atoms with Crippen LogP contribution in [0.1, 0.15) is 21.6 Å². The summed E-state index contributed by atoms with van der Waals surface area (Å²) in [6, 6.07) is 9.89. The number of benzene rings is 1. The van der Waals surface area contributed by atoms with Gasteiger partial charge >= 0.3 is 0 Å². The Hall–Kier alpha value is -3.15. The molecule has 0 aliphatic rings. The van der Waals surface area contributed by atoms with Crippen LogP contribution in [0.5, 0.6) is 0 Å². The zero-order valence-corrected chi connectivity index (χ0v) is 13.2. The molecule has 0 fully saturated rings.